The predicted octanol–water partition coefficient (Wildman–Crippen LogP) is 4.06. The SMILES string of the molecule is C=C1NN(C(=O)OCC)S(COCc2ccccc2)=C1c1ccccc1. The number of hydrogen-bond donors (Lipinski definition) is 1. The summed E-state index contributed by atoms with van der Waals surface area (Å²) in [5.41, 5.74) is 5.84. The molecule has 2 aromatic carbocycles. The number of rotatable bonds is 6. The van der Waals surface area contributed by atoms with Gasteiger partial charge in [-0.25, -0.2) is 4.79 Å². The zero-order chi connectivity index (χ0) is 18.4. The Morgan fingerprint density at radius 3 is 2.42 bits per heavy atom. The van der Waals surface area contributed by atoms with Gasteiger partial charge in [0.15, 0.2) is 0 Å². The van der Waals surface area contributed by atoms with Crippen LogP contribution in [0.5, 0.6) is 0 Å². The molecule has 26 heavy (non-hydrogen) atoms. The quantitative estimate of drug-likeness (QED) is 0.615. The van der Waals surface area contributed by atoms with Crippen molar-refractivity contribution in [3.8, 4) is 0 Å². The van der Waals surface area contributed by atoms with Crippen molar-refractivity contribution in [2.24, 2.45) is 0 Å². The van der Waals surface area contributed by atoms with E-state index in [4.69, 9.17) is 9.47 Å². The van der Waals surface area contributed by atoms with Crippen molar-refractivity contribution in [1.29, 1.82) is 0 Å². The molecule has 6 heteroatoms. The molecule has 2 aromatic rings. The van der Waals surface area contributed by atoms with E-state index in [1.807, 2.05) is 60.7 Å². The Morgan fingerprint density at radius 1 is 1.12 bits per heavy atom. The minimum atomic E-state index is -0.647. The summed E-state index contributed by atoms with van der Waals surface area (Å²) in [7, 11) is -0.647. The van der Waals surface area contributed by atoms with Crippen molar-refractivity contribution in [2.45, 2.75) is 13.5 Å². The fraction of sp³-hybridized carbons (Fsp3) is 0.200. The number of hydrazine groups is 1. The summed E-state index contributed by atoms with van der Waals surface area (Å²) in [6, 6.07) is 19.9. The summed E-state index contributed by atoms with van der Waals surface area (Å²) in [6.45, 7) is 6.65. The van der Waals surface area contributed by atoms with Crippen LogP contribution in [0.15, 0.2) is 72.9 Å². The van der Waals surface area contributed by atoms with Crippen LogP contribution in [0, 0.1) is 0 Å². The first-order valence-electron chi connectivity index (χ1n) is 8.38. The lowest BCUT2D eigenvalue weighted by Crippen LogP contribution is -2.35. The van der Waals surface area contributed by atoms with Crippen LogP contribution in [0.4, 0.5) is 4.79 Å². The second-order valence-electron chi connectivity index (χ2n) is 5.60. The topological polar surface area (TPSA) is 50.8 Å². The third-order valence-corrected chi connectivity index (χ3v) is 5.77. The summed E-state index contributed by atoms with van der Waals surface area (Å²) < 4.78 is 12.6. The lowest BCUT2D eigenvalue weighted by atomic mass is 10.1. The van der Waals surface area contributed by atoms with E-state index >= 15 is 0 Å². The Hall–Kier alpha value is -2.57. The molecule has 1 aliphatic heterocycles. The Kier molecular flexibility index (Phi) is 6.09. The second kappa shape index (κ2) is 8.69. The fourth-order valence-corrected chi connectivity index (χ4v) is 4.44. The van der Waals surface area contributed by atoms with Crippen molar-refractivity contribution in [3.05, 3.63) is 84.1 Å². The Morgan fingerprint density at radius 2 is 1.77 bits per heavy atom. The van der Waals surface area contributed by atoms with Crippen LogP contribution in [0.1, 0.15) is 18.1 Å². The van der Waals surface area contributed by atoms with Gasteiger partial charge in [0.05, 0.1) is 23.8 Å². The summed E-state index contributed by atoms with van der Waals surface area (Å²) >= 11 is 0. The van der Waals surface area contributed by atoms with Crippen molar-refractivity contribution in [1.82, 2.24) is 9.84 Å². The second-order valence-corrected chi connectivity index (χ2v) is 7.33. The zero-order valence-electron chi connectivity index (χ0n) is 14.7. The number of allylic oxidation sites excluding steroid dienone is 1. The number of nitrogens with zero attached hydrogens (tertiary/aromatic N) is 1. The van der Waals surface area contributed by atoms with E-state index in [1.165, 1.54) is 4.41 Å². The third kappa shape index (κ3) is 4.15. The monoisotopic (exact) mass is 370 g/mol. The highest BCUT2D eigenvalue weighted by Gasteiger charge is 2.31. The van der Waals surface area contributed by atoms with Crippen LogP contribution in [0.3, 0.4) is 0 Å². The molecule has 1 aliphatic rings. The van der Waals surface area contributed by atoms with Crippen molar-refractivity contribution < 1.29 is 14.3 Å². The highest BCUT2D eigenvalue weighted by atomic mass is 32.2. The van der Waals surface area contributed by atoms with E-state index in [2.05, 4.69) is 12.0 Å². The molecule has 0 aliphatic carbocycles. The highest BCUT2D eigenvalue weighted by Crippen LogP contribution is 2.33. The van der Waals surface area contributed by atoms with Crippen molar-refractivity contribution >= 4 is 21.6 Å². The minimum absolute atomic E-state index is 0.312. The number of benzene rings is 2. The van der Waals surface area contributed by atoms with Gasteiger partial charge in [0.25, 0.3) is 0 Å². The summed E-state index contributed by atoms with van der Waals surface area (Å²) in [5, 5.41) is 0. The van der Waals surface area contributed by atoms with Gasteiger partial charge in [-0.3, -0.25) is 5.43 Å². The van der Waals surface area contributed by atoms with Crippen LogP contribution >= 0.6 is 10.7 Å². The minimum Gasteiger partial charge on any atom is -0.448 e. The van der Waals surface area contributed by atoms with Crippen LogP contribution in [-0.2, 0) is 16.1 Å². The average molecular weight is 370 g/mol. The van der Waals surface area contributed by atoms with E-state index in [-0.39, 0.29) is 0 Å². The van der Waals surface area contributed by atoms with Crippen molar-refractivity contribution in [2.75, 3.05) is 12.5 Å². The molecular formula is C20H22N2O3S. The van der Waals surface area contributed by atoms with Gasteiger partial charge in [-0.05, 0) is 28.7 Å². The number of ether oxygens (including phenoxy) is 2. The Labute approximate surface area is 156 Å². The molecule has 1 amide bonds. The van der Waals surface area contributed by atoms with Gasteiger partial charge in [-0.2, -0.15) is 4.41 Å². The number of amides is 1. The van der Waals surface area contributed by atoms with Gasteiger partial charge in [0.1, 0.15) is 5.94 Å². The summed E-state index contributed by atoms with van der Waals surface area (Å²) in [5.74, 6) is 0.365. The standard InChI is InChI=1S/C20H22N2O3S/c1-3-25-20(23)22-21-16(2)19(18-12-8-5-9-13-18)26(22)15-24-14-17-10-6-4-7-11-17/h4-13,21H,2-3,14-15H2,1H3. The molecule has 1 atom stereocenters. The number of nitrogens with one attached hydrogen (secondary N) is 1. The maximum atomic E-state index is 12.3. The summed E-state index contributed by atoms with van der Waals surface area (Å²) in [6.07, 6.45) is -0.425. The third-order valence-electron chi connectivity index (χ3n) is 3.74. The fourth-order valence-electron chi connectivity index (χ4n) is 2.60. The van der Waals surface area contributed by atoms with Crippen LogP contribution in [-0.4, -0.2) is 27.9 Å². The Balaban J connectivity index is 1.85. The van der Waals surface area contributed by atoms with Crippen LogP contribution in [0.2, 0.25) is 0 Å². The highest BCUT2D eigenvalue weighted by molar-refractivity contribution is 8.15. The molecule has 0 bridgehead atoms. The summed E-state index contributed by atoms with van der Waals surface area (Å²) in [4.78, 5) is 13.3. The lowest BCUT2D eigenvalue weighted by molar-refractivity contribution is 0.124. The molecule has 1 unspecified atom stereocenters. The molecule has 0 spiro atoms. The van der Waals surface area contributed by atoms with Gasteiger partial charge in [-0.15, -0.1) is 0 Å². The molecule has 0 aromatic heterocycles. The maximum absolute atomic E-state index is 12.3. The number of hydrogen-bond acceptors (Lipinski definition) is 4. The van der Waals surface area contributed by atoms with Crippen LogP contribution in [0.25, 0.3) is 0 Å². The molecule has 0 saturated heterocycles. The maximum Gasteiger partial charge on any atom is 0.438 e. The van der Waals surface area contributed by atoms with Gasteiger partial charge in [-0.1, -0.05) is 67.2 Å². The molecule has 0 fully saturated rings. The molecule has 136 valence electrons. The molecule has 5 nitrogen and oxygen atoms in total. The molecule has 0 radical (unpaired) electrons. The normalized spacial score (nSPS) is 16.5. The van der Waals surface area contributed by atoms with Crippen LogP contribution < -0.4 is 5.43 Å². The van der Waals surface area contributed by atoms with E-state index in [9.17, 15) is 4.79 Å². The Bertz CT molecular complexity index is 806. The zero-order valence-corrected chi connectivity index (χ0v) is 15.5. The number of carbonyl (C=O) groups is 1. The largest absolute Gasteiger partial charge is 0.448 e. The first-order valence-corrected chi connectivity index (χ1v) is 9.73. The van der Waals surface area contributed by atoms with E-state index in [0.29, 0.717) is 24.8 Å². The molecule has 1 N–H and O–H groups in total. The van der Waals surface area contributed by atoms with Gasteiger partial charge >= 0.3 is 6.09 Å². The first kappa shape index (κ1) is 18.2. The first-order chi connectivity index (χ1) is 12.7. The molecular weight excluding hydrogens is 348 g/mol. The molecule has 0 saturated carbocycles. The van der Waals surface area contributed by atoms with Gasteiger partial charge in [0, 0.05) is 0 Å². The van der Waals surface area contributed by atoms with Gasteiger partial charge in [0.2, 0.25) is 0 Å². The van der Waals surface area contributed by atoms with E-state index in [1.54, 1.807) is 6.92 Å². The average Bonchev–Trinajstić information content (AvgIpc) is 3.00. The molecule has 3 rings (SSSR count). The lowest BCUT2D eigenvalue weighted by Gasteiger charge is -2.20. The van der Waals surface area contributed by atoms with Gasteiger partial charge < -0.3 is 9.47 Å². The predicted molar refractivity (Wildman–Crippen MR) is 105 cm³/mol. The van der Waals surface area contributed by atoms with Crippen molar-refractivity contribution in [3.63, 3.8) is 0 Å². The van der Waals surface area contributed by atoms with E-state index < -0.39 is 16.8 Å². The van der Waals surface area contributed by atoms with E-state index in [0.717, 1.165) is 16.0 Å². The smallest absolute Gasteiger partial charge is 0.438 e. The molecule has 1 heterocycles. The number of carbonyl (C=O) groups excluding carboxylic acids is 1.